The summed E-state index contributed by atoms with van der Waals surface area (Å²) >= 11 is 0. The van der Waals surface area contributed by atoms with Gasteiger partial charge >= 0.3 is 0 Å². The van der Waals surface area contributed by atoms with Crippen molar-refractivity contribution < 1.29 is 19.6 Å². The lowest BCUT2D eigenvalue weighted by Gasteiger charge is -2.28. The minimum Gasteiger partial charge on any atom is -0.491 e. The van der Waals surface area contributed by atoms with Crippen molar-refractivity contribution in [3.8, 4) is 5.75 Å². The molecule has 1 aliphatic heterocycles. The molecule has 0 aromatic heterocycles. The maximum absolute atomic E-state index is 10.0. The number of likely N-dealkylation sites (N-methyl/N-ethyl adjacent to an activating group) is 1. The standard InChI is InChI=1S/C15H24N2O2/c1-13-3-5-15(6-4-13)19-12-14(18)11-17-9-7-16(2)8-10-17/h3-6,14,18H,7-12H2,1-2H3/p+2/t14-/m0/s1. The summed E-state index contributed by atoms with van der Waals surface area (Å²) in [5.41, 5.74) is 1.22. The quantitative estimate of drug-likeness (QED) is 0.585. The molecule has 1 aromatic rings. The Kier molecular flexibility index (Phi) is 5.19. The zero-order chi connectivity index (χ0) is 13.7. The predicted molar refractivity (Wildman–Crippen MR) is 74.9 cm³/mol. The van der Waals surface area contributed by atoms with E-state index in [4.69, 9.17) is 4.74 Å². The van der Waals surface area contributed by atoms with Crippen molar-refractivity contribution in [2.75, 3.05) is 46.4 Å². The number of hydrogen-bond acceptors (Lipinski definition) is 2. The van der Waals surface area contributed by atoms with Crippen molar-refractivity contribution in [3.63, 3.8) is 0 Å². The Morgan fingerprint density at radius 2 is 1.79 bits per heavy atom. The number of hydrogen-bond donors (Lipinski definition) is 3. The zero-order valence-corrected chi connectivity index (χ0v) is 12.0. The number of aliphatic hydroxyl groups is 1. The van der Waals surface area contributed by atoms with Crippen LogP contribution >= 0.6 is 0 Å². The van der Waals surface area contributed by atoms with E-state index in [0.717, 1.165) is 25.4 Å². The first-order valence-corrected chi connectivity index (χ1v) is 7.16. The van der Waals surface area contributed by atoms with Crippen molar-refractivity contribution >= 4 is 0 Å². The normalized spacial score (nSPS) is 25.0. The van der Waals surface area contributed by atoms with Crippen LogP contribution in [0.25, 0.3) is 0 Å². The SMILES string of the molecule is Cc1ccc(OC[C@@H](O)C[NH+]2CC[NH+](C)CC2)cc1. The van der Waals surface area contributed by atoms with Gasteiger partial charge in [-0.05, 0) is 19.1 Å². The van der Waals surface area contributed by atoms with Crippen molar-refractivity contribution in [2.24, 2.45) is 0 Å². The molecule has 3 N–H and O–H groups in total. The summed E-state index contributed by atoms with van der Waals surface area (Å²) in [4.78, 5) is 3.08. The van der Waals surface area contributed by atoms with Gasteiger partial charge in [-0.2, -0.15) is 0 Å². The van der Waals surface area contributed by atoms with Crippen LogP contribution in [-0.4, -0.2) is 57.6 Å². The van der Waals surface area contributed by atoms with Crippen LogP contribution in [0.3, 0.4) is 0 Å². The molecule has 2 rings (SSSR count). The van der Waals surface area contributed by atoms with E-state index in [2.05, 4.69) is 14.0 Å². The molecule has 1 saturated heterocycles. The molecular weight excluding hydrogens is 240 g/mol. The van der Waals surface area contributed by atoms with E-state index in [1.165, 1.54) is 23.6 Å². The fraction of sp³-hybridized carbons (Fsp3) is 0.600. The molecule has 0 radical (unpaired) electrons. The van der Waals surface area contributed by atoms with Crippen LogP contribution in [0.15, 0.2) is 24.3 Å². The summed E-state index contributed by atoms with van der Waals surface area (Å²) < 4.78 is 5.62. The highest BCUT2D eigenvalue weighted by Gasteiger charge is 2.22. The van der Waals surface area contributed by atoms with Gasteiger partial charge in [-0.3, -0.25) is 0 Å². The Bertz CT molecular complexity index is 372. The van der Waals surface area contributed by atoms with Crippen molar-refractivity contribution in [2.45, 2.75) is 13.0 Å². The smallest absolute Gasteiger partial charge is 0.137 e. The van der Waals surface area contributed by atoms with Crippen LogP contribution in [-0.2, 0) is 0 Å². The molecule has 0 aliphatic carbocycles. The van der Waals surface area contributed by atoms with Gasteiger partial charge in [-0.1, -0.05) is 17.7 Å². The predicted octanol–water partition coefficient (Wildman–Crippen LogP) is -1.85. The molecule has 1 heterocycles. The number of ether oxygens (including phenoxy) is 1. The number of nitrogens with one attached hydrogen (secondary N) is 2. The molecular formula is C15H26N2O2+2. The molecule has 106 valence electrons. The third kappa shape index (κ3) is 4.82. The first kappa shape index (κ1) is 14.3. The van der Waals surface area contributed by atoms with E-state index < -0.39 is 0 Å². The number of piperazine rings is 1. The Balaban J connectivity index is 1.69. The van der Waals surface area contributed by atoms with Gasteiger partial charge in [0.05, 0.1) is 7.05 Å². The maximum atomic E-state index is 10.0. The highest BCUT2D eigenvalue weighted by Crippen LogP contribution is 2.11. The average molecular weight is 266 g/mol. The van der Waals surface area contributed by atoms with Crippen molar-refractivity contribution in [1.82, 2.24) is 0 Å². The van der Waals surface area contributed by atoms with E-state index in [1.54, 1.807) is 4.90 Å². The van der Waals surface area contributed by atoms with Gasteiger partial charge in [0.15, 0.2) is 0 Å². The Labute approximate surface area is 115 Å². The third-order valence-electron chi connectivity index (χ3n) is 3.80. The van der Waals surface area contributed by atoms with E-state index in [-0.39, 0.29) is 6.10 Å². The minimum absolute atomic E-state index is 0.380. The largest absolute Gasteiger partial charge is 0.491 e. The summed E-state index contributed by atoms with van der Waals surface area (Å²) in [6.45, 7) is 7.91. The molecule has 1 aromatic carbocycles. The molecule has 0 bridgehead atoms. The van der Waals surface area contributed by atoms with Gasteiger partial charge in [-0.15, -0.1) is 0 Å². The number of aryl methyl sites for hydroxylation is 1. The lowest BCUT2D eigenvalue weighted by atomic mass is 10.2. The number of quaternary nitrogens is 2. The molecule has 4 heteroatoms. The highest BCUT2D eigenvalue weighted by molar-refractivity contribution is 5.26. The number of benzene rings is 1. The molecule has 0 saturated carbocycles. The van der Waals surface area contributed by atoms with Gasteiger partial charge in [-0.25, -0.2) is 0 Å². The van der Waals surface area contributed by atoms with Crippen LogP contribution in [0, 0.1) is 6.92 Å². The van der Waals surface area contributed by atoms with Crippen LogP contribution in [0.2, 0.25) is 0 Å². The molecule has 0 unspecified atom stereocenters. The van der Waals surface area contributed by atoms with Crippen LogP contribution in [0.1, 0.15) is 5.56 Å². The molecule has 0 amide bonds. The van der Waals surface area contributed by atoms with Gasteiger partial charge in [0.25, 0.3) is 0 Å². The van der Waals surface area contributed by atoms with Gasteiger partial charge < -0.3 is 19.6 Å². The Morgan fingerprint density at radius 3 is 2.42 bits per heavy atom. The van der Waals surface area contributed by atoms with E-state index in [0.29, 0.717) is 6.61 Å². The number of rotatable bonds is 5. The lowest BCUT2D eigenvalue weighted by Crippen LogP contribution is -3.27. The summed E-state index contributed by atoms with van der Waals surface area (Å²) in [7, 11) is 2.23. The minimum atomic E-state index is -0.380. The first-order chi connectivity index (χ1) is 9.13. The molecule has 1 aliphatic rings. The monoisotopic (exact) mass is 266 g/mol. The van der Waals surface area contributed by atoms with Gasteiger partial charge in [0, 0.05) is 0 Å². The lowest BCUT2D eigenvalue weighted by molar-refractivity contribution is -1.00. The maximum Gasteiger partial charge on any atom is 0.137 e. The van der Waals surface area contributed by atoms with Crippen molar-refractivity contribution in [3.05, 3.63) is 29.8 Å². The van der Waals surface area contributed by atoms with Crippen LogP contribution < -0.4 is 14.5 Å². The summed E-state index contributed by atoms with van der Waals surface area (Å²) in [6, 6.07) is 7.95. The average Bonchev–Trinajstić information content (AvgIpc) is 2.41. The van der Waals surface area contributed by atoms with Gasteiger partial charge in [0.2, 0.25) is 0 Å². The van der Waals surface area contributed by atoms with E-state index in [1.807, 2.05) is 24.3 Å². The molecule has 19 heavy (non-hydrogen) atoms. The molecule has 1 fully saturated rings. The summed E-state index contributed by atoms with van der Waals surface area (Å²) in [6.07, 6.45) is -0.380. The summed E-state index contributed by atoms with van der Waals surface area (Å²) in [5, 5.41) is 10.0. The Hall–Kier alpha value is -1.10. The highest BCUT2D eigenvalue weighted by atomic mass is 16.5. The first-order valence-electron chi connectivity index (χ1n) is 7.16. The third-order valence-corrected chi connectivity index (χ3v) is 3.80. The second kappa shape index (κ2) is 6.89. The second-order valence-electron chi connectivity index (χ2n) is 5.69. The van der Waals surface area contributed by atoms with Gasteiger partial charge in [0.1, 0.15) is 51.2 Å². The Morgan fingerprint density at radius 1 is 1.16 bits per heavy atom. The molecule has 1 atom stereocenters. The van der Waals surface area contributed by atoms with Crippen LogP contribution in [0.5, 0.6) is 5.75 Å². The fourth-order valence-electron chi connectivity index (χ4n) is 2.45. The van der Waals surface area contributed by atoms with Crippen molar-refractivity contribution in [1.29, 1.82) is 0 Å². The number of aliphatic hydroxyl groups excluding tert-OH is 1. The van der Waals surface area contributed by atoms with Crippen LogP contribution in [0.4, 0.5) is 0 Å². The topological polar surface area (TPSA) is 38.3 Å². The van der Waals surface area contributed by atoms with E-state index >= 15 is 0 Å². The molecule has 0 spiro atoms. The zero-order valence-electron chi connectivity index (χ0n) is 12.0. The molecule has 4 nitrogen and oxygen atoms in total. The van der Waals surface area contributed by atoms with E-state index in [9.17, 15) is 5.11 Å². The second-order valence-corrected chi connectivity index (χ2v) is 5.69. The fourth-order valence-corrected chi connectivity index (χ4v) is 2.45. The summed E-state index contributed by atoms with van der Waals surface area (Å²) in [5.74, 6) is 0.836.